The topological polar surface area (TPSA) is 9.23 Å². The lowest BCUT2D eigenvalue weighted by Gasteiger charge is -2.40. The summed E-state index contributed by atoms with van der Waals surface area (Å²) in [5.41, 5.74) is 0. The first-order valence-electron chi connectivity index (χ1n) is 4.32. The maximum absolute atomic E-state index is 6.08. The molecule has 1 rings (SSSR count). The molecule has 0 N–H and O–H groups in total. The van der Waals surface area contributed by atoms with Gasteiger partial charge in [0.1, 0.15) is 0 Å². The van der Waals surface area contributed by atoms with Gasteiger partial charge in [0.05, 0.1) is 33.0 Å². The van der Waals surface area contributed by atoms with Crippen molar-refractivity contribution < 1.29 is 4.74 Å². The van der Waals surface area contributed by atoms with E-state index in [0.29, 0.717) is 6.61 Å². The summed E-state index contributed by atoms with van der Waals surface area (Å²) in [5, 5.41) is -2.09. The van der Waals surface area contributed by atoms with Gasteiger partial charge in [0, 0.05) is 6.61 Å². The molecular formula is C8H11Cl5O. The van der Waals surface area contributed by atoms with E-state index in [1.807, 2.05) is 6.92 Å². The minimum atomic E-state index is -0.431. The molecule has 0 aliphatic heterocycles. The lowest BCUT2D eigenvalue weighted by atomic mass is 9.95. The fraction of sp³-hybridized carbons (Fsp3) is 1.00. The Balaban J connectivity index is 2.75. The molecule has 0 spiro atoms. The van der Waals surface area contributed by atoms with Gasteiger partial charge in [-0.15, -0.1) is 58.0 Å². The molecule has 4 atom stereocenters. The van der Waals surface area contributed by atoms with Gasteiger partial charge >= 0.3 is 0 Å². The standard InChI is InChI=1S/C8H11Cl5O/c1-2-14-8-6(12)4(10)3(9)5(11)7(8)13/h3-8H,2H2,1H3/t3?,4-,5-,6+,7+,8?/m1/s1. The number of hydrogen-bond donors (Lipinski definition) is 0. The molecule has 6 heteroatoms. The lowest BCUT2D eigenvalue weighted by molar-refractivity contribution is 0.0457. The molecule has 1 nitrogen and oxygen atoms in total. The molecule has 0 aromatic heterocycles. The van der Waals surface area contributed by atoms with Gasteiger partial charge in [-0.2, -0.15) is 0 Å². The summed E-state index contributed by atoms with van der Waals surface area (Å²) >= 11 is 30.2. The van der Waals surface area contributed by atoms with Crippen LogP contribution in [0.3, 0.4) is 0 Å². The Bertz CT molecular complexity index is 175. The maximum atomic E-state index is 6.08. The number of hydrogen-bond acceptors (Lipinski definition) is 1. The van der Waals surface area contributed by atoms with Crippen LogP contribution in [0.2, 0.25) is 0 Å². The van der Waals surface area contributed by atoms with Crippen LogP contribution in [0.5, 0.6) is 0 Å². The first-order chi connectivity index (χ1) is 6.50. The average molecular weight is 300 g/mol. The molecule has 1 saturated carbocycles. The second-order valence-corrected chi connectivity index (χ2v) is 5.66. The fourth-order valence-electron chi connectivity index (χ4n) is 1.44. The van der Waals surface area contributed by atoms with Crippen molar-refractivity contribution in [2.24, 2.45) is 0 Å². The van der Waals surface area contributed by atoms with Crippen LogP contribution in [0.4, 0.5) is 0 Å². The Morgan fingerprint density at radius 1 is 0.786 bits per heavy atom. The predicted molar refractivity (Wildman–Crippen MR) is 63.6 cm³/mol. The minimum Gasteiger partial charge on any atom is -0.375 e. The number of alkyl halides is 5. The monoisotopic (exact) mass is 298 g/mol. The quantitative estimate of drug-likeness (QED) is 0.710. The van der Waals surface area contributed by atoms with E-state index in [-0.39, 0.29) is 6.10 Å². The van der Waals surface area contributed by atoms with Gasteiger partial charge < -0.3 is 4.74 Å². The Kier molecular flexibility index (Phi) is 5.44. The van der Waals surface area contributed by atoms with E-state index in [4.69, 9.17) is 62.7 Å². The summed E-state index contributed by atoms with van der Waals surface area (Å²) in [4.78, 5) is 0. The molecule has 0 aromatic rings. The van der Waals surface area contributed by atoms with Crippen molar-refractivity contribution in [2.45, 2.75) is 39.9 Å². The van der Waals surface area contributed by atoms with Crippen molar-refractivity contribution >= 4 is 58.0 Å². The van der Waals surface area contributed by atoms with E-state index in [2.05, 4.69) is 0 Å². The van der Waals surface area contributed by atoms with Crippen LogP contribution in [0.25, 0.3) is 0 Å². The highest BCUT2D eigenvalue weighted by molar-refractivity contribution is 6.41. The first-order valence-corrected chi connectivity index (χ1v) is 6.50. The van der Waals surface area contributed by atoms with Gasteiger partial charge in [0.2, 0.25) is 0 Å². The molecule has 0 heterocycles. The average Bonchev–Trinajstić information content (AvgIpc) is 2.19. The Morgan fingerprint density at radius 3 is 1.50 bits per heavy atom. The van der Waals surface area contributed by atoms with E-state index in [9.17, 15) is 0 Å². The molecule has 0 radical (unpaired) electrons. The third kappa shape index (κ3) is 2.56. The molecule has 0 bridgehead atoms. The molecule has 1 aliphatic rings. The number of ether oxygens (including phenoxy) is 1. The van der Waals surface area contributed by atoms with Gasteiger partial charge in [-0.25, -0.2) is 0 Å². The molecule has 0 amide bonds. The van der Waals surface area contributed by atoms with E-state index >= 15 is 0 Å². The second kappa shape index (κ2) is 5.65. The second-order valence-electron chi connectivity index (χ2n) is 3.14. The third-order valence-electron chi connectivity index (χ3n) is 2.20. The zero-order valence-electron chi connectivity index (χ0n) is 7.47. The Hall–Kier alpha value is 1.41. The van der Waals surface area contributed by atoms with E-state index in [0.717, 1.165) is 0 Å². The number of halogens is 5. The Morgan fingerprint density at radius 2 is 1.14 bits per heavy atom. The van der Waals surface area contributed by atoms with Crippen LogP contribution in [0.1, 0.15) is 6.92 Å². The van der Waals surface area contributed by atoms with Crippen LogP contribution in [0, 0.1) is 0 Å². The molecule has 14 heavy (non-hydrogen) atoms. The highest BCUT2D eigenvalue weighted by atomic mass is 35.5. The van der Waals surface area contributed by atoms with Crippen molar-refractivity contribution in [1.82, 2.24) is 0 Å². The van der Waals surface area contributed by atoms with Crippen molar-refractivity contribution in [3.63, 3.8) is 0 Å². The zero-order valence-corrected chi connectivity index (χ0v) is 11.2. The molecule has 0 unspecified atom stereocenters. The van der Waals surface area contributed by atoms with Crippen LogP contribution in [0.15, 0.2) is 0 Å². The lowest BCUT2D eigenvalue weighted by Crippen LogP contribution is -2.55. The zero-order chi connectivity index (χ0) is 10.9. The van der Waals surface area contributed by atoms with Gasteiger partial charge in [-0.3, -0.25) is 0 Å². The third-order valence-corrected chi connectivity index (χ3v) is 5.39. The minimum absolute atomic E-state index is 0.344. The van der Waals surface area contributed by atoms with Crippen molar-refractivity contribution in [3.8, 4) is 0 Å². The van der Waals surface area contributed by atoms with E-state index in [1.54, 1.807) is 0 Å². The molecule has 0 aromatic carbocycles. The summed E-state index contributed by atoms with van der Waals surface area (Å²) in [5.74, 6) is 0. The molecule has 84 valence electrons. The highest BCUT2D eigenvalue weighted by Crippen LogP contribution is 2.38. The molecular weight excluding hydrogens is 289 g/mol. The van der Waals surface area contributed by atoms with Crippen LogP contribution >= 0.6 is 58.0 Å². The van der Waals surface area contributed by atoms with E-state index < -0.39 is 26.9 Å². The van der Waals surface area contributed by atoms with Gasteiger partial charge in [0.15, 0.2) is 0 Å². The van der Waals surface area contributed by atoms with Gasteiger partial charge in [-0.05, 0) is 6.92 Å². The van der Waals surface area contributed by atoms with Crippen LogP contribution in [-0.4, -0.2) is 39.6 Å². The van der Waals surface area contributed by atoms with Crippen molar-refractivity contribution in [2.75, 3.05) is 6.61 Å². The SMILES string of the molecule is CCOC1[C@@H](Cl)[C@H](Cl)C(Cl)[C@@H](Cl)[C@@H]1Cl. The van der Waals surface area contributed by atoms with Crippen molar-refractivity contribution in [1.29, 1.82) is 0 Å². The smallest absolute Gasteiger partial charge is 0.0931 e. The summed E-state index contributed by atoms with van der Waals surface area (Å²) in [7, 11) is 0. The maximum Gasteiger partial charge on any atom is 0.0931 e. The summed E-state index contributed by atoms with van der Waals surface area (Å²) in [6, 6.07) is 0. The summed E-state index contributed by atoms with van der Waals surface area (Å²) < 4.78 is 5.41. The fourth-order valence-corrected chi connectivity index (χ4v) is 3.43. The van der Waals surface area contributed by atoms with Crippen LogP contribution in [-0.2, 0) is 4.74 Å². The van der Waals surface area contributed by atoms with Gasteiger partial charge in [0.25, 0.3) is 0 Å². The molecule has 1 fully saturated rings. The number of rotatable bonds is 2. The molecule has 1 aliphatic carbocycles. The summed E-state index contributed by atoms with van der Waals surface area (Å²) in [6.45, 7) is 2.39. The summed E-state index contributed by atoms with van der Waals surface area (Å²) in [6.07, 6.45) is -0.344. The highest BCUT2D eigenvalue weighted by Gasteiger charge is 2.48. The van der Waals surface area contributed by atoms with Crippen LogP contribution < -0.4 is 0 Å². The van der Waals surface area contributed by atoms with Gasteiger partial charge in [-0.1, -0.05) is 0 Å². The molecule has 0 saturated heterocycles. The van der Waals surface area contributed by atoms with Crippen molar-refractivity contribution in [3.05, 3.63) is 0 Å². The van der Waals surface area contributed by atoms with E-state index in [1.165, 1.54) is 0 Å². The largest absolute Gasteiger partial charge is 0.375 e. The first kappa shape index (κ1) is 13.5. The predicted octanol–water partition coefficient (Wildman–Crippen LogP) is 3.44. The Labute approximate surface area is 109 Å². The normalized spacial score (nSPS) is 49.3.